The molecule has 0 bridgehead atoms. The molecule has 2 unspecified atom stereocenters. The van der Waals surface area contributed by atoms with Crippen LogP contribution >= 0.6 is 0 Å². The van der Waals surface area contributed by atoms with Gasteiger partial charge in [0.05, 0.1) is 13.2 Å². The van der Waals surface area contributed by atoms with Gasteiger partial charge < -0.3 is 4.74 Å². The van der Waals surface area contributed by atoms with E-state index in [1.807, 2.05) is 0 Å². The van der Waals surface area contributed by atoms with E-state index in [1.165, 1.54) is 45.9 Å². The first-order valence-corrected chi connectivity index (χ1v) is 11.9. The van der Waals surface area contributed by atoms with Crippen LogP contribution in [-0.4, -0.2) is 6.61 Å². The maximum absolute atomic E-state index is 6.01. The number of benzene rings is 4. The lowest BCUT2D eigenvalue weighted by molar-refractivity contribution is 0.124. The largest absolute Gasteiger partial charge is 0.376 e. The van der Waals surface area contributed by atoms with Gasteiger partial charge in [0.1, 0.15) is 0 Å². The Kier molecular flexibility index (Phi) is 7.74. The second-order valence-electron chi connectivity index (χ2n) is 8.84. The van der Waals surface area contributed by atoms with E-state index >= 15 is 0 Å². The Bertz CT molecular complexity index is 1090. The van der Waals surface area contributed by atoms with Crippen molar-refractivity contribution in [3.8, 4) is 0 Å². The lowest BCUT2D eigenvalue weighted by atomic mass is 9.84. The van der Waals surface area contributed by atoms with Gasteiger partial charge in [-0.2, -0.15) is 0 Å². The second kappa shape index (κ2) is 11.1. The van der Waals surface area contributed by atoms with Gasteiger partial charge in [0.15, 0.2) is 0 Å². The molecule has 0 heterocycles. The average Bonchev–Trinajstić information content (AvgIpc) is 2.86. The van der Waals surface area contributed by atoms with Gasteiger partial charge in [-0.15, -0.1) is 0 Å². The molecular weight excluding hydrogens is 388 g/mol. The van der Waals surface area contributed by atoms with E-state index in [0.29, 0.717) is 18.4 Å². The molecule has 164 valence electrons. The highest BCUT2D eigenvalue weighted by atomic mass is 16.5. The number of hydrogen-bond donors (Lipinski definition) is 0. The number of rotatable bonds is 10. The fourth-order valence-corrected chi connectivity index (χ4v) is 4.65. The molecule has 0 saturated heterocycles. The lowest BCUT2D eigenvalue weighted by Gasteiger charge is -2.21. The van der Waals surface area contributed by atoms with Crippen LogP contribution in [0.2, 0.25) is 0 Å². The predicted octanol–water partition coefficient (Wildman–Crippen LogP) is 8.29. The summed E-state index contributed by atoms with van der Waals surface area (Å²) in [6.07, 6.45) is 3.30. The summed E-state index contributed by atoms with van der Waals surface area (Å²) >= 11 is 0. The van der Waals surface area contributed by atoms with Crippen molar-refractivity contribution in [2.45, 2.75) is 51.6 Å². The van der Waals surface area contributed by atoms with Gasteiger partial charge in [0, 0.05) is 0 Å². The number of ether oxygens (including phenoxy) is 1. The van der Waals surface area contributed by atoms with E-state index in [9.17, 15) is 0 Å². The van der Waals surface area contributed by atoms with E-state index in [1.54, 1.807) is 0 Å². The summed E-state index contributed by atoms with van der Waals surface area (Å²) in [5.74, 6) is 1.16. The molecule has 2 atom stereocenters. The monoisotopic (exact) mass is 422 g/mol. The normalized spacial score (nSPS) is 13.2. The van der Waals surface area contributed by atoms with Crippen LogP contribution < -0.4 is 0 Å². The summed E-state index contributed by atoms with van der Waals surface area (Å²) in [5.41, 5.74) is 5.47. The Morgan fingerprint density at radius 2 is 1.44 bits per heavy atom. The van der Waals surface area contributed by atoms with Crippen LogP contribution in [-0.2, 0) is 17.8 Å². The van der Waals surface area contributed by atoms with Gasteiger partial charge >= 0.3 is 0 Å². The average molecular weight is 423 g/mol. The first-order valence-electron chi connectivity index (χ1n) is 11.9. The molecule has 4 aromatic rings. The highest BCUT2D eigenvalue weighted by Crippen LogP contribution is 2.32. The Labute approximate surface area is 193 Å². The third kappa shape index (κ3) is 5.66. The molecule has 0 aliphatic carbocycles. The zero-order valence-corrected chi connectivity index (χ0v) is 19.3. The van der Waals surface area contributed by atoms with Crippen molar-refractivity contribution >= 4 is 10.8 Å². The smallest absolute Gasteiger partial charge is 0.0717 e. The zero-order chi connectivity index (χ0) is 22.2. The third-order valence-corrected chi connectivity index (χ3v) is 6.62. The van der Waals surface area contributed by atoms with Crippen molar-refractivity contribution in [3.63, 3.8) is 0 Å². The highest BCUT2D eigenvalue weighted by Gasteiger charge is 2.15. The minimum absolute atomic E-state index is 0.543. The van der Waals surface area contributed by atoms with Gasteiger partial charge in [0.2, 0.25) is 0 Å². The molecule has 1 heteroatoms. The topological polar surface area (TPSA) is 9.23 Å². The quantitative estimate of drug-likeness (QED) is 0.234. The Hall–Kier alpha value is -2.90. The fraction of sp³-hybridized carbons (Fsp3) is 0.290. The zero-order valence-electron chi connectivity index (χ0n) is 19.3. The standard InChI is InChI=1S/C31H34O/c1-3-26(28-10-5-4-6-11-28)22-24(2)27-18-16-25(17-19-27)23-32-21-20-30-14-9-13-29-12-7-8-15-31(29)30/h4-19,24,26H,3,20-23H2,1-2H3. The van der Waals surface area contributed by atoms with Crippen LogP contribution in [0.4, 0.5) is 0 Å². The molecule has 0 aromatic heterocycles. The summed E-state index contributed by atoms with van der Waals surface area (Å²) in [6.45, 7) is 6.05. The van der Waals surface area contributed by atoms with Crippen LogP contribution in [0.1, 0.15) is 60.8 Å². The van der Waals surface area contributed by atoms with Crippen LogP contribution in [0.3, 0.4) is 0 Å². The Morgan fingerprint density at radius 1 is 0.719 bits per heavy atom. The molecule has 4 aromatic carbocycles. The van der Waals surface area contributed by atoms with Crippen molar-refractivity contribution in [2.75, 3.05) is 6.61 Å². The maximum atomic E-state index is 6.01. The van der Waals surface area contributed by atoms with Crippen LogP contribution in [0.25, 0.3) is 10.8 Å². The SMILES string of the molecule is CCC(CC(C)c1ccc(COCCc2cccc3ccccc23)cc1)c1ccccc1. The van der Waals surface area contributed by atoms with Gasteiger partial charge in [-0.3, -0.25) is 0 Å². The van der Waals surface area contributed by atoms with Gasteiger partial charge in [-0.05, 0) is 64.1 Å². The van der Waals surface area contributed by atoms with E-state index in [2.05, 4.69) is 111 Å². The molecule has 4 rings (SSSR count). The minimum atomic E-state index is 0.543. The van der Waals surface area contributed by atoms with Crippen LogP contribution in [0.15, 0.2) is 97.1 Å². The summed E-state index contributed by atoms with van der Waals surface area (Å²) in [4.78, 5) is 0. The summed E-state index contributed by atoms with van der Waals surface area (Å²) in [5, 5.41) is 2.63. The highest BCUT2D eigenvalue weighted by molar-refractivity contribution is 5.85. The molecule has 0 aliphatic rings. The van der Waals surface area contributed by atoms with Gasteiger partial charge in [-0.25, -0.2) is 0 Å². The van der Waals surface area contributed by atoms with Crippen LogP contribution in [0.5, 0.6) is 0 Å². The molecule has 0 N–H and O–H groups in total. The number of hydrogen-bond acceptors (Lipinski definition) is 1. The molecule has 32 heavy (non-hydrogen) atoms. The van der Waals surface area contributed by atoms with Crippen molar-refractivity contribution in [3.05, 3.63) is 119 Å². The second-order valence-corrected chi connectivity index (χ2v) is 8.84. The first kappa shape index (κ1) is 22.3. The number of fused-ring (bicyclic) bond motifs is 1. The summed E-state index contributed by atoms with van der Waals surface area (Å²) in [6, 6.07) is 35.0. The van der Waals surface area contributed by atoms with Crippen molar-refractivity contribution in [1.29, 1.82) is 0 Å². The van der Waals surface area contributed by atoms with Crippen molar-refractivity contribution in [1.82, 2.24) is 0 Å². The molecule has 0 radical (unpaired) electrons. The molecule has 0 fully saturated rings. The molecule has 0 spiro atoms. The van der Waals surface area contributed by atoms with E-state index < -0.39 is 0 Å². The van der Waals surface area contributed by atoms with Crippen molar-refractivity contribution < 1.29 is 4.74 Å². The molecule has 0 amide bonds. The fourth-order valence-electron chi connectivity index (χ4n) is 4.65. The van der Waals surface area contributed by atoms with Gasteiger partial charge in [0.25, 0.3) is 0 Å². The summed E-state index contributed by atoms with van der Waals surface area (Å²) in [7, 11) is 0. The van der Waals surface area contributed by atoms with E-state index in [-0.39, 0.29) is 0 Å². The third-order valence-electron chi connectivity index (χ3n) is 6.62. The first-order chi connectivity index (χ1) is 15.7. The minimum Gasteiger partial charge on any atom is -0.376 e. The lowest BCUT2D eigenvalue weighted by Crippen LogP contribution is -2.04. The van der Waals surface area contributed by atoms with E-state index in [0.717, 1.165) is 13.0 Å². The maximum Gasteiger partial charge on any atom is 0.0717 e. The van der Waals surface area contributed by atoms with E-state index in [4.69, 9.17) is 4.74 Å². The van der Waals surface area contributed by atoms with Crippen molar-refractivity contribution in [2.24, 2.45) is 0 Å². The summed E-state index contributed by atoms with van der Waals surface area (Å²) < 4.78 is 6.01. The Balaban J connectivity index is 1.28. The predicted molar refractivity (Wildman–Crippen MR) is 136 cm³/mol. The molecular formula is C31H34O. The molecule has 1 nitrogen and oxygen atoms in total. The van der Waals surface area contributed by atoms with Crippen LogP contribution in [0, 0.1) is 0 Å². The molecule has 0 aliphatic heterocycles. The Morgan fingerprint density at radius 3 is 2.22 bits per heavy atom. The molecule has 0 saturated carbocycles. The van der Waals surface area contributed by atoms with Gasteiger partial charge in [-0.1, -0.05) is 111 Å².